The lowest BCUT2D eigenvalue weighted by molar-refractivity contribution is -0.133. The fourth-order valence-electron chi connectivity index (χ4n) is 5.85. The molecule has 4 N–H and O–H groups in total. The lowest BCUT2D eigenvalue weighted by atomic mass is 10.0. The molecule has 3 aromatic rings. The molecule has 1 aliphatic carbocycles. The van der Waals surface area contributed by atoms with E-state index in [9.17, 15) is 18.3 Å². The summed E-state index contributed by atoms with van der Waals surface area (Å²) in [5, 5.41) is 15.6. The summed E-state index contributed by atoms with van der Waals surface area (Å²) in [6, 6.07) is 12.0. The summed E-state index contributed by atoms with van der Waals surface area (Å²) < 4.78 is 44.6. The maximum Gasteiger partial charge on any atom is 0.389 e. The largest absolute Gasteiger partial charge is 0.493 e. The van der Waals surface area contributed by atoms with Gasteiger partial charge in [0.2, 0.25) is 0 Å². The van der Waals surface area contributed by atoms with Gasteiger partial charge in [0.15, 0.2) is 11.6 Å². The number of halogens is 3. The lowest BCUT2D eigenvalue weighted by Crippen LogP contribution is -2.40. The Labute approximate surface area is 247 Å². The maximum absolute atomic E-state index is 12.9. The number of hydrogen-bond acceptors (Lipinski definition) is 8. The predicted octanol–water partition coefficient (Wildman–Crippen LogP) is 4.28. The van der Waals surface area contributed by atoms with Crippen molar-refractivity contribution in [3.05, 3.63) is 62.9 Å². The fraction of sp³-hybridized carbons (Fsp3) is 0.484. The highest BCUT2D eigenvalue weighted by molar-refractivity contribution is 7.09. The minimum absolute atomic E-state index is 0.0344. The van der Waals surface area contributed by atoms with Crippen LogP contribution in [0.4, 0.5) is 19.0 Å². The van der Waals surface area contributed by atoms with Crippen molar-refractivity contribution in [3.8, 4) is 16.9 Å². The van der Waals surface area contributed by atoms with Crippen molar-refractivity contribution >= 4 is 22.9 Å². The number of nitrogens with one attached hydrogen (secondary N) is 1. The monoisotopic (exact) mass is 601 g/mol. The molecule has 3 heterocycles. The number of aliphatic hydroxyl groups is 1. The van der Waals surface area contributed by atoms with Crippen molar-refractivity contribution in [3.63, 3.8) is 0 Å². The Morgan fingerprint density at radius 1 is 1.17 bits per heavy atom. The van der Waals surface area contributed by atoms with Gasteiger partial charge in [0.1, 0.15) is 4.67 Å². The molecule has 0 saturated heterocycles. The molecule has 0 radical (unpaired) electrons. The number of pyridine rings is 1. The number of aliphatic hydroxyl groups excluding tert-OH is 1. The molecule has 0 bridgehead atoms. The zero-order chi connectivity index (χ0) is 30.0. The van der Waals surface area contributed by atoms with Gasteiger partial charge in [-0.1, -0.05) is 31.2 Å². The highest BCUT2D eigenvalue weighted by Gasteiger charge is 2.37. The first-order valence-corrected chi connectivity index (χ1v) is 15.1. The molecule has 0 spiro atoms. The molecule has 1 aliphatic heterocycles. The number of thiophene rings is 1. The molecule has 2 aromatic heterocycles. The Balaban J connectivity index is 1.25. The zero-order valence-corrected chi connectivity index (χ0v) is 24.9. The zero-order valence-electron chi connectivity index (χ0n) is 24.1. The van der Waals surface area contributed by atoms with Gasteiger partial charge in [-0.15, -0.1) is 11.3 Å². The molecule has 4 atom stereocenters. The van der Waals surface area contributed by atoms with Gasteiger partial charge in [-0.05, 0) is 54.9 Å². The number of anilines is 1. The number of fused-ring (bicyclic) bond motifs is 1. The SMILES string of the molecule is COc1cc(-c2ccc(CNC3C[C@@H](O)[C@@H](N(C)C4=c5cc(CCC(F)(F)F)sc5=NCC(C)C4)C3)cc2)cnc1N. The van der Waals surface area contributed by atoms with Crippen molar-refractivity contribution in [2.45, 2.75) is 69.9 Å². The fourth-order valence-corrected chi connectivity index (χ4v) is 6.91. The van der Waals surface area contributed by atoms with Crippen LogP contribution in [0.2, 0.25) is 0 Å². The van der Waals surface area contributed by atoms with E-state index in [1.54, 1.807) is 13.3 Å². The van der Waals surface area contributed by atoms with E-state index in [4.69, 9.17) is 15.5 Å². The third-order valence-corrected chi connectivity index (χ3v) is 9.35. The van der Waals surface area contributed by atoms with Crippen LogP contribution in [0.15, 0.2) is 47.6 Å². The number of nitrogens with zero attached hydrogens (tertiary/aromatic N) is 3. The molecule has 1 aromatic carbocycles. The quantitative estimate of drug-likeness (QED) is 0.339. The second-order valence-electron chi connectivity index (χ2n) is 11.4. The van der Waals surface area contributed by atoms with Gasteiger partial charge in [-0.25, -0.2) is 4.98 Å². The van der Waals surface area contributed by atoms with Crippen LogP contribution < -0.4 is 25.7 Å². The molecular formula is C31H38F3N5O2S. The highest BCUT2D eigenvalue weighted by Crippen LogP contribution is 2.31. The first kappa shape index (κ1) is 30.3. The van der Waals surface area contributed by atoms with Crippen LogP contribution in [-0.2, 0) is 13.0 Å². The number of likely N-dealkylation sites (N-methyl/N-ethyl adjacent to an activating group) is 1. The van der Waals surface area contributed by atoms with Gasteiger partial charge in [-0.3, -0.25) is 4.99 Å². The summed E-state index contributed by atoms with van der Waals surface area (Å²) in [7, 11) is 3.57. The molecule has 0 amide bonds. The number of benzene rings is 1. The van der Waals surface area contributed by atoms with E-state index in [0.29, 0.717) is 41.9 Å². The first-order chi connectivity index (χ1) is 20.0. The second kappa shape index (κ2) is 12.6. The van der Waals surface area contributed by atoms with Crippen LogP contribution in [-0.4, -0.2) is 60.1 Å². The average molecular weight is 602 g/mol. The summed E-state index contributed by atoms with van der Waals surface area (Å²) >= 11 is 1.36. The molecule has 2 aliphatic rings. The molecule has 42 heavy (non-hydrogen) atoms. The van der Waals surface area contributed by atoms with Crippen LogP contribution in [0, 0.1) is 5.92 Å². The van der Waals surface area contributed by atoms with Gasteiger partial charge in [0.25, 0.3) is 0 Å². The van der Waals surface area contributed by atoms with Gasteiger partial charge in [0.05, 0.1) is 19.3 Å². The normalized spacial score (nSPS) is 22.4. The molecule has 1 fully saturated rings. The van der Waals surface area contributed by atoms with E-state index in [0.717, 1.165) is 45.1 Å². The van der Waals surface area contributed by atoms with E-state index in [1.807, 2.05) is 31.3 Å². The van der Waals surface area contributed by atoms with E-state index in [1.165, 1.54) is 11.3 Å². The van der Waals surface area contributed by atoms with Gasteiger partial charge < -0.3 is 25.8 Å². The summed E-state index contributed by atoms with van der Waals surface area (Å²) in [5.41, 5.74) is 9.96. The number of aromatic nitrogens is 1. The molecule has 7 nitrogen and oxygen atoms in total. The van der Waals surface area contributed by atoms with Crippen LogP contribution >= 0.6 is 11.3 Å². The Bertz CT molecular complexity index is 1510. The maximum atomic E-state index is 12.9. The second-order valence-corrected chi connectivity index (χ2v) is 12.6. The number of nitrogen functional groups attached to an aromatic ring is 1. The Hall–Kier alpha value is -3.15. The third kappa shape index (κ3) is 7.07. The van der Waals surface area contributed by atoms with Crippen molar-refractivity contribution in [1.29, 1.82) is 0 Å². The number of aryl methyl sites for hydroxylation is 1. The number of rotatable bonds is 9. The molecule has 11 heteroatoms. The smallest absolute Gasteiger partial charge is 0.389 e. The minimum atomic E-state index is -4.18. The van der Waals surface area contributed by atoms with E-state index in [-0.39, 0.29) is 18.5 Å². The lowest BCUT2D eigenvalue weighted by Gasteiger charge is -2.32. The van der Waals surface area contributed by atoms with Crippen LogP contribution in [0.25, 0.3) is 16.8 Å². The number of hydrogen-bond donors (Lipinski definition) is 3. The predicted molar refractivity (Wildman–Crippen MR) is 160 cm³/mol. The van der Waals surface area contributed by atoms with Crippen molar-refractivity contribution in [2.24, 2.45) is 10.9 Å². The highest BCUT2D eigenvalue weighted by atomic mass is 32.1. The summed E-state index contributed by atoms with van der Waals surface area (Å²) in [4.78, 5) is 11.8. The van der Waals surface area contributed by atoms with Gasteiger partial charge >= 0.3 is 6.18 Å². The van der Waals surface area contributed by atoms with Gasteiger partial charge in [-0.2, -0.15) is 13.2 Å². The molecule has 226 valence electrons. The van der Waals surface area contributed by atoms with E-state index >= 15 is 0 Å². The molecule has 5 rings (SSSR count). The number of nitrogens with two attached hydrogens (primary N) is 1. The first-order valence-electron chi connectivity index (χ1n) is 14.3. The number of ether oxygens (including phenoxy) is 1. The molecule has 2 unspecified atom stereocenters. The third-order valence-electron chi connectivity index (χ3n) is 8.22. The standard InChI is InChI=1S/C31H38F3N5O2S/c1-18-10-25(24-14-23(8-9-31(32,33)34)42-30(24)38-15-18)39(2)26-12-22(13-27(26)40)36-16-19-4-6-20(7-5-19)21-11-28(41-3)29(35)37-17-21/h4-7,11,14,17-18,22,26-27,36,40H,8-10,12-13,15-16H2,1-3H3,(H2,35,37)/t18?,22?,26-,27+/m0/s1. The van der Waals surface area contributed by atoms with Crippen molar-refractivity contribution in [2.75, 3.05) is 26.4 Å². The molecule has 1 saturated carbocycles. The van der Waals surface area contributed by atoms with Crippen LogP contribution in [0.3, 0.4) is 0 Å². The Morgan fingerprint density at radius 3 is 2.64 bits per heavy atom. The van der Waals surface area contributed by atoms with Crippen LogP contribution in [0.5, 0.6) is 5.75 Å². The number of alkyl halides is 3. The Kier molecular flexibility index (Phi) is 9.10. The summed E-state index contributed by atoms with van der Waals surface area (Å²) in [5.74, 6) is 1.20. The van der Waals surface area contributed by atoms with Crippen molar-refractivity contribution in [1.82, 2.24) is 15.2 Å². The Morgan fingerprint density at radius 2 is 1.93 bits per heavy atom. The molecular weight excluding hydrogens is 563 g/mol. The average Bonchev–Trinajstić information content (AvgIpc) is 3.51. The van der Waals surface area contributed by atoms with Crippen molar-refractivity contribution < 1.29 is 23.0 Å². The summed E-state index contributed by atoms with van der Waals surface area (Å²) in [6.07, 6.45) is -1.68. The van der Waals surface area contributed by atoms with Crippen LogP contribution in [0.1, 0.15) is 43.0 Å². The number of methoxy groups -OCH3 is 1. The van der Waals surface area contributed by atoms with E-state index in [2.05, 4.69) is 34.3 Å². The minimum Gasteiger partial charge on any atom is -0.493 e. The topological polar surface area (TPSA) is 96.0 Å². The van der Waals surface area contributed by atoms with E-state index < -0.39 is 18.7 Å². The summed E-state index contributed by atoms with van der Waals surface area (Å²) in [6.45, 7) is 3.45. The van der Waals surface area contributed by atoms with Gasteiger partial charge in [0, 0.05) is 60.2 Å².